The number of likely N-dealkylation sites (tertiary alicyclic amines) is 1. The molecule has 0 atom stereocenters. The van der Waals surface area contributed by atoms with Gasteiger partial charge in [-0.15, -0.1) is 0 Å². The summed E-state index contributed by atoms with van der Waals surface area (Å²) in [7, 11) is 0. The predicted octanol–water partition coefficient (Wildman–Crippen LogP) is 5.59. The summed E-state index contributed by atoms with van der Waals surface area (Å²) in [6.07, 6.45) is 1.31. The maximum atomic E-state index is 14.2. The van der Waals surface area contributed by atoms with Crippen molar-refractivity contribution in [1.82, 2.24) is 4.90 Å². The van der Waals surface area contributed by atoms with Gasteiger partial charge in [0.05, 0.1) is 0 Å². The molecule has 2 nitrogen and oxygen atoms in total. The van der Waals surface area contributed by atoms with E-state index in [1.165, 1.54) is 31.1 Å². The maximum Gasteiger partial charge on any atom is 0.131 e. The molecule has 1 saturated heterocycles. The zero-order chi connectivity index (χ0) is 18.6. The number of benzene rings is 3. The van der Waals surface area contributed by atoms with Crippen LogP contribution >= 0.6 is 0 Å². The van der Waals surface area contributed by atoms with Gasteiger partial charge in [-0.3, -0.25) is 4.90 Å². The zero-order valence-corrected chi connectivity index (χ0v) is 15.6. The van der Waals surface area contributed by atoms with Gasteiger partial charge in [0, 0.05) is 12.1 Å². The van der Waals surface area contributed by atoms with Crippen LogP contribution in [0.25, 0.3) is 11.1 Å². The van der Waals surface area contributed by atoms with Crippen LogP contribution in [-0.4, -0.2) is 18.0 Å². The van der Waals surface area contributed by atoms with Crippen LogP contribution in [0, 0.1) is 12.7 Å². The molecule has 0 radical (unpaired) electrons. The van der Waals surface area contributed by atoms with Crippen LogP contribution in [0.3, 0.4) is 0 Å². The molecule has 0 aromatic heterocycles. The van der Waals surface area contributed by atoms with Gasteiger partial charge < -0.3 is 4.74 Å². The van der Waals surface area contributed by atoms with E-state index in [2.05, 4.69) is 17.0 Å². The van der Waals surface area contributed by atoms with Crippen LogP contribution in [0.5, 0.6) is 5.75 Å². The molecule has 1 aliphatic heterocycles. The standard InChI is InChI=1S/C24H24FNO/c1-18-20(6-4-8-22(18)23-7-2-3-9-24(23)25)17-27-21-12-10-19(11-13-21)16-26-14-5-15-26/h2-4,6-13H,5,14-17H2,1H3. The van der Waals surface area contributed by atoms with Gasteiger partial charge in [-0.05, 0) is 66.9 Å². The quantitative estimate of drug-likeness (QED) is 0.568. The third-order valence-electron chi connectivity index (χ3n) is 5.28. The molecule has 0 aliphatic carbocycles. The maximum absolute atomic E-state index is 14.2. The summed E-state index contributed by atoms with van der Waals surface area (Å²) in [6, 6.07) is 21.2. The van der Waals surface area contributed by atoms with Crippen LogP contribution in [-0.2, 0) is 13.2 Å². The van der Waals surface area contributed by atoms with Crippen LogP contribution in [0.1, 0.15) is 23.1 Å². The molecular weight excluding hydrogens is 337 g/mol. The van der Waals surface area contributed by atoms with Crippen molar-refractivity contribution in [3.05, 3.63) is 89.2 Å². The van der Waals surface area contributed by atoms with Gasteiger partial charge in [0.25, 0.3) is 0 Å². The topological polar surface area (TPSA) is 12.5 Å². The molecule has 0 saturated carbocycles. The Hall–Kier alpha value is -2.65. The Morgan fingerprint density at radius 2 is 1.63 bits per heavy atom. The van der Waals surface area contributed by atoms with Crippen molar-refractivity contribution in [2.45, 2.75) is 26.5 Å². The molecule has 1 fully saturated rings. The molecule has 0 amide bonds. The first kappa shape index (κ1) is 17.7. The van der Waals surface area contributed by atoms with Crippen molar-refractivity contribution >= 4 is 0 Å². The molecule has 0 unspecified atom stereocenters. The smallest absolute Gasteiger partial charge is 0.131 e. The average Bonchev–Trinajstić information content (AvgIpc) is 2.66. The Labute approximate surface area is 160 Å². The summed E-state index contributed by atoms with van der Waals surface area (Å²) in [5.74, 6) is 0.662. The highest BCUT2D eigenvalue weighted by atomic mass is 19.1. The van der Waals surface area contributed by atoms with Crippen molar-refractivity contribution in [3.8, 4) is 16.9 Å². The first-order chi connectivity index (χ1) is 13.2. The summed E-state index contributed by atoms with van der Waals surface area (Å²) in [5, 5.41) is 0. The fraction of sp³-hybridized carbons (Fsp3) is 0.250. The fourth-order valence-electron chi connectivity index (χ4n) is 3.46. The lowest BCUT2D eigenvalue weighted by Crippen LogP contribution is -2.36. The lowest BCUT2D eigenvalue weighted by atomic mass is 9.96. The third kappa shape index (κ3) is 4.04. The van der Waals surface area contributed by atoms with Crippen molar-refractivity contribution in [1.29, 1.82) is 0 Å². The predicted molar refractivity (Wildman–Crippen MR) is 107 cm³/mol. The Balaban J connectivity index is 1.45. The number of halogens is 1. The van der Waals surface area contributed by atoms with E-state index in [0.717, 1.165) is 29.0 Å². The van der Waals surface area contributed by atoms with Gasteiger partial charge in [-0.2, -0.15) is 0 Å². The second kappa shape index (κ2) is 7.93. The summed E-state index contributed by atoms with van der Waals surface area (Å²) < 4.78 is 20.1. The van der Waals surface area contributed by atoms with Crippen LogP contribution < -0.4 is 4.74 Å². The second-order valence-electron chi connectivity index (χ2n) is 7.13. The number of rotatable bonds is 6. The SMILES string of the molecule is Cc1c(COc2ccc(CN3CCC3)cc2)cccc1-c1ccccc1F. The number of hydrogen-bond acceptors (Lipinski definition) is 2. The van der Waals surface area contributed by atoms with E-state index in [4.69, 9.17) is 4.74 Å². The van der Waals surface area contributed by atoms with Crippen molar-refractivity contribution in [3.63, 3.8) is 0 Å². The average molecular weight is 361 g/mol. The van der Waals surface area contributed by atoms with Gasteiger partial charge in [0.15, 0.2) is 0 Å². The van der Waals surface area contributed by atoms with E-state index in [0.29, 0.717) is 12.2 Å². The Bertz CT molecular complexity index is 916. The molecule has 0 bridgehead atoms. The van der Waals surface area contributed by atoms with E-state index in [-0.39, 0.29) is 5.82 Å². The Morgan fingerprint density at radius 3 is 2.33 bits per heavy atom. The van der Waals surface area contributed by atoms with Crippen molar-refractivity contribution in [2.75, 3.05) is 13.1 Å². The van der Waals surface area contributed by atoms with Crippen LogP contribution in [0.15, 0.2) is 66.7 Å². The Kier molecular flexibility index (Phi) is 5.21. The highest BCUT2D eigenvalue weighted by molar-refractivity contribution is 5.69. The van der Waals surface area contributed by atoms with E-state index >= 15 is 0 Å². The van der Waals surface area contributed by atoms with Gasteiger partial charge in [0.1, 0.15) is 18.2 Å². The van der Waals surface area contributed by atoms with Crippen LogP contribution in [0.4, 0.5) is 4.39 Å². The second-order valence-corrected chi connectivity index (χ2v) is 7.13. The van der Waals surface area contributed by atoms with Gasteiger partial charge in [-0.1, -0.05) is 48.5 Å². The lowest BCUT2D eigenvalue weighted by Gasteiger charge is -2.30. The summed E-state index contributed by atoms with van der Waals surface area (Å²) in [5.41, 5.74) is 4.99. The molecule has 3 heteroatoms. The molecule has 138 valence electrons. The largest absolute Gasteiger partial charge is 0.489 e. The van der Waals surface area contributed by atoms with E-state index < -0.39 is 0 Å². The summed E-state index contributed by atoms with van der Waals surface area (Å²) >= 11 is 0. The summed E-state index contributed by atoms with van der Waals surface area (Å²) in [6.45, 7) is 5.92. The molecule has 3 aromatic carbocycles. The molecule has 4 rings (SSSR count). The highest BCUT2D eigenvalue weighted by Crippen LogP contribution is 2.28. The minimum Gasteiger partial charge on any atom is -0.489 e. The zero-order valence-electron chi connectivity index (χ0n) is 15.6. The van der Waals surface area contributed by atoms with Crippen molar-refractivity contribution < 1.29 is 9.13 Å². The lowest BCUT2D eigenvalue weighted by molar-refractivity contribution is 0.172. The first-order valence-electron chi connectivity index (χ1n) is 9.48. The van der Waals surface area contributed by atoms with Crippen molar-refractivity contribution in [2.24, 2.45) is 0 Å². The van der Waals surface area contributed by atoms with Gasteiger partial charge >= 0.3 is 0 Å². The molecule has 3 aromatic rings. The molecule has 27 heavy (non-hydrogen) atoms. The minimum absolute atomic E-state index is 0.198. The minimum atomic E-state index is -0.198. The molecule has 0 N–H and O–H groups in total. The third-order valence-corrected chi connectivity index (χ3v) is 5.28. The molecule has 1 heterocycles. The Morgan fingerprint density at radius 1 is 0.889 bits per heavy atom. The van der Waals surface area contributed by atoms with E-state index in [1.54, 1.807) is 6.07 Å². The fourth-order valence-corrected chi connectivity index (χ4v) is 3.46. The van der Waals surface area contributed by atoms with Gasteiger partial charge in [0.2, 0.25) is 0 Å². The van der Waals surface area contributed by atoms with Gasteiger partial charge in [-0.25, -0.2) is 4.39 Å². The number of ether oxygens (including phenoxy) is 1. The monoisotopic (exact) mass is 361 g/mol. The summed E-state index contributed by atoms with van der Waals surface area (Å²) in [4.78, 5) is 2.44. The van der Waals surface area contributed by atoms with Crippen LogP contribution in [0.2, 0.25) is 0 Å². The van der Waals surface area contributed by atoms with E-state index in [1.807, 2.05) is 49.4 Å². The molecule has 0 spiro atoms. The van der Waals surface area contributed by atoms with E-state index in [9.17, 15) is 4.39 Å². The normalized spacial score (nSPS) is 14.0. The number of nitrogens with zero attached hydrogens (tertiary/aromatic N) is 1. The number of hydrogen-bond donors (Lipinski definition) is 0. The highest BCUT2D eigenvalue weighted by Gasteiger charge is 2.13. The molecular formula is C24H24FNO. The first-order valence-corrected chi connectivity index (χ1v) is 9.48. The molecule has 1 aliphatic rings.